The molecule has 1 aromatic heterocycles. The summed E-state index contributed by atoms with van der Waals surface area (Å²) in [6, 6.07) is 9.08. The van der Waals surface area contributed by atoms with Gasteiger partial charge in [0.2, 0.25) is 21.8 Å². The van der Waals surface area contributed by atoms with Crippen LogP contribution in [0.25, 0.3) is 11.0 Å². The number of imidazole rings is 1. The molecule has 7 nitrogen and oxygen atoms in total. The SMILES string of the molecule is CCN(CC)S(=O)(=O)c1ccc2c(c1)nc(C(F)(F)F)n2CCC(=O)Nc1ccc(C)c(C)c1. The number of amides is 1. The lowest BCUT2D eigenvalue weighted by atomic mass is 10.1. The van der Waals surface area contributed by atoms with Gasteiger partial charge in [-0.1, -0.05) is 19.9 Å². The zero-order valence-electron chi connectivity index (χ0n) is 19.4. The number of carbonyl (C=O) groups excluding carboxylic acids is 1. The molecule has 2 aromatic carbocycles. The van der Waals surface area contributed by atoms with E-state index in [4.69, 9.17) is 0 Å². The van der Waals surface area contributed by atoms with E-state index in [1.807, 2.05) is 19.9 Å². The van der Waals surface area contributed by atoms with Crippen LogP contribution in [0.15, 0.2) is 41.3 Å². The van der Waals surface area contributed by atoms with Crippen molar-refractivity contribution < 1.29 is 26.4 Å². The molecule has 0 aliphatic carbocycles. The molecular weight excluding hydrogens is 469 g/mol. The van der Waals surface area contributed by atoms with Crippen LogP contribution >= 0.6 is 0 Å². The molecule has 11 heteroatoms. The van der Waals surface area contributed by atoms with Gasteiger partial charge in [0.1, 0.15) is 0 Å². The monoisotopic (exact) mass is 496 g/mol. The molecule has 1 heterocycles. The maximum atomic E-state index is 13.7. The van der Waals surface area contributed by atoms with Crippen LogP contribution in [0.4, 0.5) is 18.9 Å². The summed E-state index contributed by atoms with van der Waals surface area (Å²) >= 11 is 0. The van der Waals surface area contributed by atoms with Crippen molar-refractivity contribution in [2.24, 2.45) is 0 Å². The van der Waals surface area contributed by atoms with Gasteiger partial charge in [-0.3, -0.25) is 4.79 Å². The Morgan fingerprint density at radius 3 is 2.32 bits per heavy atom. The number of halogens is 3. The van der Waals surface area contributed by atoms with E-state index in [1.165, 1.54) is 16.4 Å². The summed E-state index contributed by atoms with van der Waals surface area (Å²) < 4.78 is 68.8. The Labute approximate surface area is 196 Å². The average Bonchev–Trinajstić information content (AvgIpc) is 3.14. The molecule has 1 amide bonds. The summed E-state index contributed by atoms with van der Waals surface area (Å²) in [5.41, 5.74) is 2.60. The molecule has 0 aliphatic heterocycles. The van der Waals surface area contributed by atoms with Gasteiger partial charge < -0.3 is 9.88 Å². The Morgan fingerprint density at radius 1 is 1.06 bits per heavy atom. The number of hydrogen-bond acceptors (Lipinski definition) is 4. The summed E-state index contributed by atoms with van der Waals surface area (Å²) in [6.45, 7) is 7.38. The van der Waals surface area contributed by atoms with Crippen molar-refractivity contribution >= 4 is 32.7 Å². The summed E-state index contributed by atoms with van der Waals surface area (Å²) in [5, 5.41) is 2.69. The van der Waals surface area contributed by atoms with Gasteiger partial charge in [0.15, 0.2) is 0 Å². The molecule has 0 bridgehead atoms. The third-order valence-electron chi connectivity index (χ3n) is 5.67. The maximum Gasteiger partial charge on any atom is 0.449 e. The number of benzene rings is 2. The Bertz CT molecular complexity index is 1310. The van der Waals surface area contributed by atoms with Crippen LogP contribution in [0, 0.1) is 13.8 Å². The molecule has 1 N–H and O–H groups in total. The topological polar surface area (TPSA) is 84.3 Å². The lowest BCUT2D eigenvalue weighted by Crippen LogP contribution is -2.30. The first kappa shape index (κ1) is 25.7. The molecule has 0 spiro atoms. The third kappa shape index (κ3) is 5.25. The number of nitrogens with zero attached hydrogens (tertiary/aromatic N) is 3. The minimum atomic E-state index is -4.78. The van der Waals surface area contributed by atoms with Gasteiger partial charge in [0.25, 0.3) is 0 Å². The molecule has 0 saturated heterocycles. The largest absolute Gasteiger partial charge is 0.449 e. The summed E-state index contributed by atoms with van der Waals surface area (Å²) in [6.07, 6.45) is -5.00. The Balaban J connectivity index is 1.91. The van der Waals surface area contributed by atoms with Crippen molar-refractivity contribution in [1.29, 1.82) is 0 Å². The molecule has 3 rings (SSSR count). The zero-order valence-corrected chi connectivity index (χ0v) is 20.2. The maximum absolute atomic E-state index is 13.7. The fourth-order valence-electron chi connectivity index (χ4n) is 3.68. The number of nitrogens with one attached hydrogen (secondary N) is 1. The number of aromatic nitrogens is 2. The van der Waals surface area contributed by atoms with Crippen LogP contribution in [0.5, 0.6) is 0 Å². The van der Waals surface area contributed by atoms with Crippen molar-refractivity contribution in [3.63, 3.8) is 0 Å². The molecule has 0 aliphatic rings. The quantitative estimate of drug-likeness (QED) is 0.489. The van der Waals surface area contributed by atoms with Crippen LogP contribution in [0.3, 0.4) is 0 Å². The smallest absolute Gasteiger partial charge is 0.326 e. The standard InChI is InChI=1S/C23H27F3N4O3S/c1-5-29(6-2)34(32,33)18-9-10-20-19(14-18)28-22(23(24,25)26)30(20)12-11-21(31)27-17-8-7-15(3)16(4)13-17/h7-10,13-14H,5-6,11-12H2,1-4H3,(H,27,31). The van der Waals surface area contributed by atoms with Crippen molar-refractivity contribution in [2.45, 2.75) is 51.7 Å². The fourth-order valence-corrected chi connectivity index (χ4v) is 5.16. The van der Waals surface area contributed by atoms with Crippen LogP contribution < -0.4 is 5.32 Å². The Morgan fingerprint density at radius 2 is 1.74 bits per heavy atom. The number of carbonyl (C=O) groups is 1. The highest BCUT2D eigenvalue weighted by molar-refractivity contribution is 7.89. The number of aryl methyl sites for hydroxylation is 3. The fraction of sp³-hybridized carbons (Fsp3) is 0.391. The molecule has 184 valence electrons. The van der Waals surface area contributed by atoms with Gasteiger partial charge in [-0.2, -0.15) is 17.5 Å². The van der Waals surface area contributed by atoms with E-state index in [0.717, 1.165) is 21.8 Å². The summed E-state index contributed by atoms with van der Waals surface area (Å²) in [4.78, 5) is 16.0. The second-order valence-electron chi connectivity index (χ2n) is 7.92. The molecule has 0 fully saturated rings. The van der Waals surface area contributed by atoms with Crippen molar-refractivity contribution in [1.82, 2.24) is 13.9 Å². The highest BCUT2D eigenvalue weighted by Gasteiger charge is 2.38. The van der Waals surface area contributed by atoms with Crippen LogP contribution in [-0.2, 0) is 27.5 Å². The minimum absolute atomic E-state index is 0.102. The molecule has 0 radical (unpaired) electrons. The van der Waals surface area contributed by atoms with Gasteiger partial charge in [-0.05, 0) is 55.3 Å². The molecule has 3 aromatic rings. The lowest BCUT2D eigenvalue weighted by Gasteiger charge is -2.18. The third-order valence-corrected chi connectivity index (χ3v) is 7.72. The van der Waals surface area contributed by atoms with Crippen LogP contribution in [-0.4, -0.2) is 41.3 Å². The first-order valence-electron chi connectivity index (χ1n) is 10.8. The van der Waals surface area contributed by atoms with Crippen molar-refractivity contribution in [2.75, 3.05) is 18.4 Å². The van der Waals surface area contributed by atoms with Gasteiger partial charge >= 0.3 is 6.18 Å². The number of alkyl halides is 3. The van der Waals surface area contributed by atoms with E-state index in [9.17, 15) is 26.4 Å². The summed E-state index contributed by atoms with van der Waals surface area (Å²) in [7, 11) is -3.86. The van der Waals surface area contributed by atoms with Crippen molar-refractivity contribution in [3.05, 3.63) is 53.3 Å². The van der Waals surface area contributed by atoms with E-state index in [1.54, 1.807) is 26.0 Å². The Hall–Kier alpha value is -2.92. The average molecular weight is 497 g/mol. The number of fused-ring (bicyclic) bond motifs is 1. The first-order chi connectivity index (χ1) is 15.9. The second-order valence-corrected chi connectivity index (χ2v) is 9.86. The molecule has 34 heavy (non-hydrogen) atoms. The van der Waals surface area contributed by atoms with E-state index in [0.29, 0.717) is 5.69 Å². The predicted octanol–water partition coefficient (Wildman–Crippen LogP) is 4.73. The lowest BCUT2D eigenvalue weighted by molar-refractivity contribution is -0.147. The second kappa shape index (κ2) is 9.75. The van der Waals surface area contributed by atoms with Gasteiger partial charge in [-0.15, -0.1) is 0 Å². The van der Waals surface area contributed by atoms with E-state index < -0.39 is 27.9 Å². The highest BCUT2D eigenvalue weighted by Crippen LogP contribution is 2.33. The molecule has 0 atom stereocenters. The Kier molecular flexibility index (Phi) is 7.37. The number of hydrogen-bond donors (Lipinski definition) is 1. The van der Waals surface area contributed by atoms with Gasteiger partial charge in [0, 0.05) is 31.7 Å². The van der Waals surface area contributed by atoms with E-state index in [-0.39, 0.29) is 42.0 Å². The summed E-state index contributed by atoms with van der Waals surface area (Å²) in [5.74, 6) is -1.63. The first-order valence-corrected chi connectivity index (χ1v) is 12.3. The zero-order chi connectivity index (χ0) is 25.3. The number of rotatable bonds is 8. The number of anilines is 1. The molecule has 0 unspecified atom stereocenters. The van der Waals surface area contributed by atoms with Gasteiger partial charge in [0.05, 0.1) is 15.9 Å². The van der Waals surface area contributed by atoms with Crippen LogP contribution in [0.1, 0.15) is 37.2 Å². The molecular formula is C23H27F3N4O3S. The van der Waals surface area contributed by atoms with Crippen LogP contribution in [0.2, 0.25) is 0 Å². The van der Waals surface area contributed by atoms with Gasteiger partial charge in [-0.25, -0.2) is 13.4 Å². The highest BCUT2D eigenvalue weighted by atomic mass is 32.2. The minimum Gasteiger partial charge on any atom is -0.326 e. The number of sulfonamides is 1. The van der Waals surface area contributed by atoms with E-state index in [2.05, 4.69) is 10.3 Å². The van der Waals surface area contributed by atoms with E-state index >= 15 is 0 Å². The van der Waals surface area contributed by atoms with Crippen molar-refractivity contribution in [3.8, 4) is 0 Å². The normalized spacial score (nSPS) is 12.5. The molecule has 0 saturated carbocycles. The predicted molar refractivity (Wildman–Crippen MR) is 124 cm³/mol.